The summed E-state index contributed by atoms with van der Waals surface area (Å²) >= 11 is 0. The molecular weight excluding hydrogens is 284 g/mol. The summed E-state index contributed by atoms with van der Waals surface area (Å²) in [5.41, 5.74) is 0.586. The van der Waals surface area contributed by atoms with E-state index in [1.807, 2.05) is 66.7 Å². The Morgan fingerprint density at radius 2 is 1.26 bits per heavy atom. The molecule has 4 rings (SSSR count). The van der Waals surface area contributed by atoms with Crippen LogP contribution in [0.3, 0.4) is 0 Å². The zero-order chi connectivity index (χ0) is 15.6. The Morgan fingerprint density at radius 3 is 2.04 bits per heavy atom. The van der Waals surface area contributed by atoms with Crippen LogP contribution < -0.4 is 4.74 Å². The van der Waals surface area contributed by atoms with Gasteiger partial charge in [-0.15, -0.1) is 0 Å². The standard InChI is InChI=1S/C21H14O2/c22-21(23-16-9-2-1-3-10-16)20-14-15-8-4-5-11-17(15)18-12-6-7-13-19(18)20/h1-14H. The summed E-state index contributed by atoms with van der Waals surface area (Å²) in [5, 5.41) is 4.14. The van der Waals surface area contributed by atoms with E-state index in [-0.39, 0.29) is 5.97 Å². The maximum absolute atomic E-state index is 12.6. The molecule has 0 N–H and O–H groups in total. The molecule has 23 heavy (non-hydrogen) atoms. The molecule has 0 aliphatic heterocycles. The van der Waals surface area contributed by atoms with E-state index in [0.29, 0.717) is 11.3 Å². The van der Waals surface area contributed by atoms with E-state index in [1.54, 1.807) is 12.1 Å². The van der Waals surface area contributed by atoms with Crippen LogP contribution >= 0.6 is 0 Å². The third-order valence-corrected chi connectivity index (χ3v) is 3.94. The second-order valence-electron chi connectivity index (χ2n) is 5.39. The highest BCUT2D eigenvalue weighted by molar-refractivity contribution is 6.16. The van der Waals surface area contributed by atoms with Crippen LogP contribution in [0, 0.1) is 0 Å². The van der Waals surface area contributed by atoms with Gasteiger partial charge in [-0.25, -0.2) is 4.79 Å². The van der Waals surface area contributed by atoms with Gasteiger partial charge in [0, 0.05) is 0 Å². The number of fused-ring (bicyclic) bond motifs is 3. The summed E-state index contributed by atoms with van der Waals surface area (Å²) in [6.07, 6.45) is 0. The molecule has 0 fully saturated rings. The van der Waals surface area contributed by atoms with Crippen molar-refractivity contribution in [1.82, 2.24) is 0 Å². The van der Waals surface area contributed by atoms with Gasteiger partial charge in [0.2, 0.25) is 0 Å². The minimum atomic E-state index is -0.335. The first-order chi connectivity index (χ1) is 11.3. The Bertz CT molecular complexity index is 1000. The second kappa shape index (κ2) is 5.58. The van der Waals surface area contributed by atoms with Crippen LogP contribution in [0.15, 0.2) is 84.9 Å². The highest BCUT2D eigenvalue weighted by Crippen LogP contribution is 2.29. The number of carbonyl (C=O) groups excluding carboxylic acids is 1. The molecule has 0 aromatic heterocycles. The Kier molecular flexibility index (Phi) is 3.28. The van der Waals surface area contributed by atoms with Crippen molar-refractivity contribution in [3.8, 4) is 5.75 Å². The SMILES string of the molecule is O=C(Oc1ccccc1)c1cc2ccccc2c2ccccc12. The Balaban J connectivity index is 1.89. The first kappa shape index (κ1) is 13.5. The normalized spacial score (nSPS) is 10.8. The average Bonchev–Trinajstić information content (AvgIpc) is 2.62. The van der Waals surface area contributed by atoms with E-state index < -0.39 is 0 Å². The highest BCUT2D eigenvalue weighted by Gasteiger charge is 2.14. The molecule has 0 bridgehead atoms. The van der Waals surface area contributed by atoms with Crippen LogP contribution in [0.25, 0.3) is 21.5 Å². The molecule has 0 aliphatic carbocycles. The first-order valence-corrected chi connectivity index (χ1v) is 7.51. The minimum Gasteiger partial charge on any atom is -0.423 e. The molecule has 4 aromatic carbocycles. The number of hydrogen-bond donors (Lipinski definition) is 0. The molecule has 2 heteroatoms. The molecule has 0 saturated heterocycles. The van der Waals surface area contributed by atoms with Gasteiger partial charge in [0.25, 0.3) is 0 Å². The van der Waals surface area contributed by atoms with Gasteiger partial charge in [-0.1, -0.05) is 66.7 Å². The number of benzene rings is 4. The van der Waals surface area contributed by atoms with Crippen molar-refractivity contribution < 1.29 is 9.53 Å². The van der Waals surface area contributed by atoms with Crippen molar-refractivity contribution in [2.24, 2.45) is 0 Å². The first-order valence-electron chi connectivity index (χ1n) is 7.51. The fraction of sp³-hybridized carbons (Fsp3) is 0. The Hall–Kier alpha value is -3.13. The van der Waals surface area contributed by atoms with Crippen molar-refractivity contribution in [3.63, 3.8) is 0 Å². The van der Waals surface area contributed by atoms with Crippen LogP contribution in [0.4, 0.5) is 0 Å². The quantitative estimate of drug-likeness (QED) is 0.288. The lowest BCUT2D eigenvalue weighted by atomic mass is 9.97. The fourth-order valence-electron chi connectivity index (χ4n) is 2.87. The van der Waals surface area contributed by atoms with Crippen LogP contribution in [0.1, 0.15) is 10.4 Å². The molecule has 0 radical (unpaired) electrons. The number of hydrogen-bond acceptors (Lipinski definition) is 2. The van der Waals surface area contributed by atoms with E-state index in [4.69, 9.17) is 4.74 Å². The van der Waals surface area contributed by atoms with Gasteiger partial charge in [0.15, 0.2) is 0 Å². The van der Waals surface area contributed by atoms with Gasteiger partial charge in [-0.2, -0.15) is 0 Å². The number of para-hydroxylation sites is 1. The van der Waals surface area contributed by atoms with Crippen LogP contribution in [-0.4, -0.2) is 5.97 Å². The summed E-state index contributed by atoms with van der Waals surface area (Å²) in [6.45, 7) is 0. The van der Waals surface area contributed by atoms with Gasteiger partial charge >= 0.3 is 5.97 Å². The van der Waals surface area contributed by atoms with E-state index in [1.165, 1.54) is 0 Å². The third-order valence-electron chi connectivity index (χ3n) is 3.94. The lowest BCUT2D eigenvalue weighted by Gasteiger charge is -2.10. The number of ether oxygens (including phenoxy) is 1. The molecule has 2 nitrogen and oxygen atoms in total. The van der Waals surface area contributed by atoms with Crippen LogP contribution in [0.5, 0.6) is 5.75 Å². The summed E-state index contributed by atoms with van der Waals surface area (Å²) in [4.78, 5) is 12.6. The zero-order valence-electron chi connectivity index (χ0n) is 12.4. The topological polar surface area (TPSA) is 26.3 Å². The Labute approximate surface area is 133 Å². The van der Waals surface area contributed by atoms with Crippen molar-refractivity contribution in [2.75, 3.05) is 0 Å². The maximum Gasteiger partial charge on any atom is 0.344 e. The van der Waals surface area contributed by atoms with Crippen molar-refractivity contribution >= 4 is 27.5 Å². The minimum absolute atomic E-state index is 0.335. The molecule has 0 unspecified atom stereocenters. The predicted octanol–water partition coefficient (Wildman–Crippen LogP) is 5.21. The second-order valence-corrected chi connectivity index (χ2v) is 5.39. The molecule has 0 heterocycles. The van der Waals surface area contributed by atoms with Gasteiger partial charge in [-0.05, 0) is 39.7 Å². The van der Waals surface area contributed by atoms with Gasteiger partial charge in [0.05, 0.1) is 5.56 Å². The molecule has 4 aromatic rings. The lowest BCUT2D eigenvalue weighted by Crippen LogP contribution is -2.09. The Morgan fingerprint density at radius 1 is 0.652 bits per heavy atom. The highest BCUT2D eigenvalue weighted by atomic mass is 16.5. The van der Waals surface area contributed by atoms with Crippen molar-refractivity contribution in [1.29, 1.82) is 0 Å². The van der Waals surface area contributed by atoms with E-state index in [0.717, 1.165) is 21.5 Å². The lowest BCUT2D eigenvalue weighted by molar-refractivity contribution is 0.0737. The molecule has 0 aliphatic rings. The van der Waals surface area contributed by atoms with Crippen LogP contribution in [-0.2, 0) is 0 Å². The van der Waals surface area contributed by atoms with Crippen molar-refractivity contribution in [2.45, 2.75) is 0 Å². The largest absolute Gasteiger partial charge is 0.423 e. The summed E-state index contributed by atoms with van der Waals surface area (Å²) in [6, 6.07) is 27.1. The van der Waals surface area contributed by atoms with Gasteiger partial charge < -0.3 is 4.74 Å². The number of esters is 1. The van der Waals surface area contributed by atoms with Crippen LogP contribution in [0.2, 0.25) is 0 Å². The molecule has 0 amide bonds. The summed E-state index contributed by atoms with van der Waals surface area (Å²) in [5.74, 6) is 0.216. The summed E-state index contributed by atoms with van der Waals surface area (Å²) in [7, 11) is 0. The molecule has 110 valence electrons. The summed E-state index contributed by atoms with van der Waals surface area (Å²) < 4.78 is 5.52. The maximum atomic E-state index is 12.6. The molecular formula is C21H14O2. The fourth-order valence-corrected chi connectivity index (χ4v) is 2.87. The van der Waals surface area contributed by atoms with E-state index >= 15 is 0 Å². The molecule has 0 spiro atoms. The number of rotatable bonds is 2. The predicted molar refractivity (Wildman–Crippen MR) is 92.9 cm³/mol. The molecule has 0 atom stereocenters. The smallest absolute Gasteiger partial charge is 0.344 e. The number of carbonyl (C=O) groups is 1. The third kappa shape index (κ3) is 2.44. The average molecular weight is 298 g/mol. The van der Waals surface area contributed by atoms with Gasteiger partial charge in [0.1, 0.15) is 5.75 Å². The monoisotopic (exact) mass is 298 g/mol. The van der Waals surface area contributed by atoms with E-state index in [9.17, 15) is 4.79 Å². The van der Waals surface area contributed by atoms with Crippen molar-refractivity contribution in [3.05, 3.63) is 90.5 Å². The van der Waals surface area contributed by atoms with E-state index in [2.05, 4.69) is 6.07 Å². The zero-order valence-corrected chi connectivity index (χ0v) is 12.4. The molecule has 0 saturated carbocycles. The van der Waals surface area contributed by atoms with Gasteiger partial charge in [-0.3, -0.25) is 0 Å².